The predicted octanol–water partition coefficient (Wildman–Crippen LogP) is 1.55. The number of rotatable bonds is 3. The topological polar surface area (TPSA) is 93.5 Å². The number of hydrogen-bond acceptors (Lipinski definition) is 5. The first kappa shape index (κ1) is 16.3. The maximum atomic E-state index is 12.9. The Morgan fingerprint density at radius 2 is 2.15 bits per heavy atom. The molecule has 4 rings (SSSR count). The first-order valence-electron chi connectivity index (χ1n) is 8.24. The maximum Gasteiger partial charge on any atom is 0.296 e. The number of nitrogens with one attached hydrogen (secondary N) is 1. The van der Waals surface area contributed by atoms with Crippen molar-refractivity contribution in [2.75, 3.05) is 0 Å². The van der Waals surface area contributed by atoms with Gasteiger partial charge in [-0.2, -0.15) is 0 Å². The standard InChI is InChI=1S/C18H16FN3O4/c19-12-3-1-10(2-4-12)8-20-17(24)14-15(23)18(25)22-6-5-13-7-11(9-26-13)16(22)21-14/h1-4,9,13,23H,5-8H2,(H,20,24). The minimum absolute atomic E-state index is 0.0102. The number of ether oxygens (including phenoxy) is 1. The van der Waals surface area contributed by atoms with Crippen LogP contribution >= 0.6 is 0 Å². The Kier molecular flexibility index (Phi) is 3.95. The van der Waals surface area contributed by atoms with Gasteiger partial charge < -0.3 is 15.2 Å². The second-order valence-corrected chi connectivity index (χ2v) is 6.29. The summed E-state index contributed by atoms with van der Waals surface area (Å²) < 4.78 is 19.8. The molecule has 1 aromatic heterocycles. The number of aromatic hydroxyl groups is 1. The van der Waals surface area contributed by atoms with Gasteiger partial charge in [0.1, 0.15) is 17.7 Å². The molecule has 0 saturated carbocycles. The number of aromatic nitrogens is 2. The summed E-state index contributed by atoms with van der Waals surface area (Å²) in [5.74, 6) is -1.37. The van der Waals surface area contributed by atoms with Crippen molar-refractivity contribution in [2.24, 2.45) is 0 Å². The van der Waals surface area contributed by atoms with Gasteiger partial charge in [-0.05, 0) is 17.7 Å². The number of halogens is 1. The minimum atomic E-state index is -0.676. The van der Waals surface area contributed by atoms with Crippen LogP contribution in [0.2, 0.25) is 0 Å². The number of benzene rings is 1. The summed E-state index contributed by atoms with van der Waals surface area (Å²) >= 11 is 0. The molecule has 134 valence electrons. The summed E-state index contributed by atoms with van der Waals surface area (Å²) in [5.41, 5.74) is 0.447. The Hall–Kier alpha value is -3.16. The van der Waals surface area contributed by atoms with Crippen LogP contribution in [0, 0.1) is 5.82 Å². The minimum Gasteiger partial charge on any atom is -0.501 e. The molecule has 2 aliphatic heterocycles. The normalized spacial score (nSPS) is 17.7. The van der Waals surface area contributed by atoms with Crippen molar-refractivity contribution in [2.45, 2.75) is 32.0 Å². The molecular weight excluding hydrogens is 341 g/mol. The average molecular weight is 357 g/mol. The molecule has 2 N–H and O–H groups in total. The third kappa shape index (κ3) is 2.83. The van der Waals surface area contributed by atoms with Crippen molar-refractivity contribution in [1.82, 2.24) is 14.9 Å². The van der Waals surface area contributed by atoms with Gasteiger partial charge in [0, 0.05) is 31.5 Å². The van der Waals surface area contributed by atoms with Crippen molar-refractivity contribution in [3.63, 3.8) is 0 Å². The van der Waals surface area contributed by atoms with Gasteiger partial charge in [0.15, 0.2) is 5.69 Å². The zero-order valence-corrected chi connectivity index (χ0v) is 13.7. The summed E-state index contributed by atoms with van der Waals surface area (Å²) in [7, 11) is 0. The molecule has 1 atom stereocenters. The van der Waals surface area contributed by atoms with Crippen LogP contribution in [0.15, 0.2) is 35.3 Å². The number of carbonyl (C=O) groups excluding carboxylic acids is 1. The van der Waals surface area contributed by atoms with Crippen molar-refractivity contribution < 1.29 is 19.0 Å². The zero-order valence-electron chi connectivity index (χ0n) is 13.7. The highest BCUT2D eigenvalue weighted by Gasteiger charge is 2.30. The molecular formula is C18H16FN3O4. The number of carbonyl (C=O) groups is 1. The van der Waals surface area contributed by atoms with Gasteiger partial charge in [0.2, 0.25) is 5.75 Å². The molecule has 3 heterocycles. The molecule has 0 aliphatic carbocycles. The summed E-state index contributed by atoms with van der Waals surface area (Å²) in [6.45, 7) is 0.487. The highest BCUT2D eigenvalue weighted by molar-refractivity contribution is 5.95. The Labute approximate surface area is 147 Å². The van der Waals surface area contributed by atoms with E-state index < -0.39 is 17.2 Å². The van der Waals surface area contributed by atoms with Crippen molar-refractivity contribution in [1.29, 1.82) is 0 Å². The van der Waals surface area contributed by atoms with E-state index in [4.69, 9.17) is 4.74 Å². The molecule has 0 saturated heterocycles. The van der Waals surface area contributed by atoms with Gasteiger partial charge in [-0.1, -0.05) is 12.1 Å². The van der Waals surface area contributed by atoms with E-state index in [1.165, 1.54) is 28.8 Å². The zero-order chi connectivity index (χ0) is 18.3. The van der Waals surface area contributed by atoms with Gasteiger partial charge in [0.05, 0.1) is 6.26 Å². The van der Waals surface area contributed by atoms with E-state index in [1.54, 1.807) is 6.26 Å². The molecule has 7 nitrogen and oxygen atoms in total. The monoisotopic (exact) mass is 357 g/mol. The van der Waals surface area contributed by atoms with Crippen LogP contribution < -0.4 is 10.9 Å². The summed E-state index contributed by atoms with van der Waals surface area (Å²) in [4.78, 5) is 29.1. The molecule has 1 aromatic carbocycles. The SMILES string of the molecule is O=C(NCc1ccc(F)cc1)c1nc2n(c(=O)c1O)CCC1CC2=CO1. The third-order valence-corrected chi connectivity index (χ3v) is 4.54. The molecule has 1 unspecified atom stereocenters. The fourth-order valence-electron chi connectivity index (χ4n) is 3.13. The Balaban J connectivity index is 1.63. The molecule has 2 aliphatic rings. The first-order chi connectivity index (χ1) is 12.5. The van der Waals surface area contributed by atoms with Gasteiger partial charge in [-0.15, -0.1) is 0 Å². The molecule has 0 fully saturated rings. The second-order valence-electron chi connectivity index (χ2n) is 6.29. The van der Waals surface area contributed by atoms with E-state index in [1.807, 2.05) is 0 Å². The lowest BCUT2D eigenvalue weighted by atomic mass is 10.1. The lowest BCUT2D eigenvalue weighted by molar-refractivity contribution is 0.0941. The summed E-state index contributed by atoms with van der Waals surface area (Å²) in [5, 5.41) is 12.7. The summed E-state index contributed by atoms with van der Waals surface area (Å²) in [6.07, 6.45) is 2.79. The van der Waals surface area contributed by atoms with Crippen molar-refractivity contribution in [3.8, 4) is 5.75 Å². The van der Waals surface area contributed by atoms with E-state index in [-0.39, 0.29) is 24.2 Å². The van der Waals surface area contributed by atoms with Crippen LogP contribution in [0.1, 0.15) is 34.7 Å². The lowest BCUT2D eigenvalue weighted by Gasteiger charge is -2.14. The van der Waals surface area contributed by atoms with E-state index >= 15 is 0 Å². The quantitative estimate of drug-likeness (QED) is 0.869. The molecule has 0 radical (unpaired) electrons. The number of hydrogen-bond donors (Lipinski definition) is 2. The molecule has 1 amide bonds. The van der Waals surface area contributed by atoms with Crippen LogP contribution in [0.3, 0.4) is 0 Å². The number of amides is 1. The second kappa shape index (κ2) is 6.29. The van der Waals surface area contributed by atoms with Gasteiger partial charge in [0.25, 0.3) is 11.5 Å². The Morgan fingerprint density at radius 3 is 2.92 bits per heavy atom. The highest BCUT2D eigenvalue weighted by atomic mass is 19.1. The van der Waals surface area contributed by atoms with Gasteiger partial charge >= 0.3 is 0 Å². The first-order valence-corrected chi connectivity index (χ1v) is 8.24. The number of nitrogens with zero attached hydrogens (tertiary/aromatic N) is 2. The van der Waals surface area contributed by atoms with Crippen LogP contribution in [0.25, 0.3) is 5.57 Å². The van der Waals surface area contributed by atoms with Gasteiger partial charge in [-0.25, -0.2) is 9.37 Å². The van der Waals surface area contributed by atoms with Gasteiger partial charge in [-0.3, -0.25) is 14.2 Å². The third-order valence-electron chi connectivity index (χ3n) is 4.54. The smallest absolute Gasteiger partial charge is 0.296 e. The Morgan fingerprint density at radius 1 is 1.38 bits per heavy atom. The van der Waals surface area contributed by atoms with Crippen LogP contribution in [0.5, 0.6) is 5.75 Å². The molecule has 26 heavy (non-hydrogen) atoms. The summed E-state index contributed by atoms with van der Waals surface area (Å²) in [6, 6.07) is 5.65. The number of fused-ring (bicyclic) bond motifs is 4. The Bertz CT molecular complexity index is 966. The van der Waals surface area contributed by atoms with Crippen molar-refractivity contribution >= 4 is 11.5 Å². The van der Waals surface area contributed by atoms with E-state index in [0.717, 1.165) is 5.57 Å². The molecule has 2 bridgehead atoms. The fraction of sp³-hybridized carbons (Fsp3) is 0.278. The van der Waals surface area contributed by atoms with E-state index in [2.05, 4.69) is 10.3 Å². The maximum absolute atomic E-state index is 12.9. The van der Waals surface area contributed by atoms with Crippen LogP contribution in [-0.4, -0.2) is 26.7 Å². The van der Waals surface area contributed by atoms with E-state index in [0.29, 0.717) is 30.8 Å². The lowest BCUT2D eigenvalue weighted by Crippen LogP contribution is -2.31. The molecule has 0 spiro atoms. The van der Waals surface area contributed by atoms with Crippen LogP contribution in [0.4, 0.5) is 4.39 Å². The van der Waals surface area contributed by atoms with E-state index in [9.17, 15) is 19.1 Å². The molecule has 8 heteroatoms. The largest absolute Gasteiger partial charge is 0.501 e. The highest BCUT2D eigenvalue weighted by Crippen LogP contribution is 2.31. The van der Waals surface area contributed by atoms with Crippen molar-refractivity contribution in [3.05, 3.63) is 63.8 Å². The predicted molar refractivity (Wildman–Crippen MR) is 89.8 cm³/mol. The fourth-order valence-corrected chi connectivity index (χ4v) is 3.13. The molecule has 2 aromatic rings. The van der Waals surface area contributed by atoms with Crippen LogP contribution in [-0.2, 0) is 17.8 Å². The average Bonchev–Trinajstić information content (AvgIpc) is 3.02.